The Hall–Kier alpha value is -0.580. The van der Waals surface area contributed by atoms with Gasteiger partial charge in [-0.15, -0.1) is 0 Å². The second-order valence-electron chi connectivity index (χ2n) is 5.56. The first-order valence-corrected chi connectivity index (χ1v) is 7.85. The third-order valence-electron chi connectivity index (χ3n) is 4.04. The number of benzene rings is 1. The van der Waals surface area contributed by atoms with Crippen molar-refractivity contribution in [2.45, 2.75) is 25.7 Å². The molecule has 3 rings (SSSR count). The van der Waals surface area contributed by atoms with Gasteiger partial charge in [-0.05, 0) is 84.2 Å². The average molecular weight is 355 g/mol. The van der Waals surface area contributed by atoms with Gasteiger partial charge in [-0.1, -0.05) is 6.07 Å². The summed E-state index contributed by atoms with van der Waals surface area (Å²) in [6.07, 6.45) is 5.50. The van der Waals surface area contributed by atoms with Crippen molar-refractivity contribution in [2.75, 3.05) is 6.54 Å². The number of carbonyl (C=O) groups excluding carboxylic acids is 1. The van der Waals surface area contributed by atoms with Gasteiger partial charge in [-0.2, -0.15) is 0 Å². The summed E-state index contributed by atoms with van der Waals surface area (Å²) in [5.74, 6) is 2.62. The van der Waals surface area contributed by atoms with Gasteiger partial charge in [-0.25, -0.2) is 0 Å². The summed E-state index contributed by atoms with van der Waals surface area (Å²) in [5.41, 5.74) is 0.784. The van der Waals surface area contributed by atoms with Crippen LogP contribution in [0.1, 0.15) is 36.0 Å². The fourth-order valence-corrected chi connectivity index (χ4v) is 3.25. The molecule has 96 valence electrons. The van der Waals surface area contributed by atoms with Gasteiger partial charge in [0.1, 0.15) is 0 Å². The van der Waals surface area contributed by atoms with E-state index < -0.39 is 0 Å². The Morgan fingerprint density at radius 1 is 1.28 bits per heavy atom. The van der Waals surface area contributed by atoms with Gasteiger partial charge in [0.2, 0.25) is 0 Å². The van der Waals surface area contributed by atoms with E-state index in [1.807, 2.05) is 24.3 Å². The lowest BCUT2D eigenvalue weighted by atomic mass is 9.98. The number of hydrogen-bond acceptors (Lipinski definition) is 1. The Balaban J connectivity index is 1.57. The van der Waals surface area contributed by atoms with E-state index in [1.165, 1.54) is 25.7 Å². The molecule has 1 aromatic rings. The lowest BCUT2D eigenvalue weighted by Gasteiger charge is -2.16. The summed E-state index contributed by atoms with van der Waals surface area (Å²) in [6.45, 7) is 0.875. The van der Waals surface area contributed by atoms with Gasteiger partial charge < -0.3 is 5.32 Å². The maximum absolute atomic E-state index is 12.1. The van der Waals surface area contributed by atoms with Gasteiger partial charge >= 0.3 is 0 Å². The van der Waals surface area contributed by atoms with E-state index in [-0.39, 0.29) is 5.91 Å². The molecule has 2 aliphatic carbocycles. The van der Waals surface area contributed by atoms with E-state index in [2.05, 4.69) is 27.9 Å². The summed E-state index contributed by atoms with van der Waals surface area (Å²) in [4.78, 5) is 12.1. The zero-order chi connectivity index (χ0) is 12.5. The molecule has 2 saturated carbocycles. The number of halogens is 1. The van der Waals surface area contributed by atoms with Gasteiger partial charge in [0.15, 0.2) is 0 Å². The number of rotatable bonds is 5. The lowest BCUT2D eigenvalue weighted by molar-refractivity contribution is 0.0943. The summed E-state index contributed by atoms with van der Waals surface area (Å²) >= 11 is 2.24. The molecule has 0 saturated heterocycles. The zero-order valence-electron chi connectivity index (χ0n) is 10.4. The highest BCUT2D eigenvalue weighted by Crippen LogP contribution is 2.48. The topological polar surface area (TPSA) is 29.1 Å². The average Bonchev–Trinajstić information content (AvgIpc) is 3.23. The minimum Gasteiger partial charge on any atom is -0.352 e. The minimum absolute atomic E-state index is 0.0832. The first-order valence-electron chi connectivity index (χ1n) is 6.78. The van der Waals surface area contributed by atoms with Crippen LogP contribution in [0.15, 0.2) is 24.3 Å². The second-order valence-corrected chi connectivity index (χ2v) is 6.80. The van der Waals surface area contributed by atoms with E-state index in [0.717, 1.165) is 33.4 Å². The van der Waals surface area contributed by atoms with Crippen LogP contribution in [0.2, 0.25) is 0 Å². The molecule has 0 aromatic heterocycles. The predicted octanol–water partition coefficient (Wildman–Crippen LogP) is 3.46. The van der Waals surface area contributed by atoms with Crippen LogP contribution in [0.25, 0.3) is 0 Å². The van der Waals surface area contributed by atoms with Crippen molar-refractivity contribution in [1.82, 2.24) is 5.32 Å². The molecule has 1 amide bonds. The van der Waals surface area contributed by atoms with Crippen LogP contribution in [0.4, 0.5) is 0 Å². The van der Waals surface area contributed by atoms with Crippen LogP contribution >= 0.6 is 22.6 Å². The Bertz CT molecular complexity index is 440. The van der Waals surface area contributed by atoms with Crippen molar-refractivity contribution < 1.29 is 4.79 Å². The van der Waals surface area contributed by atoms with E-state index in [9.17, 15) is 4.79 Å². The van der Waals surface area contributed by atoms with Crippen molar-refractivity contribution in [2.24, 2.45) is 17.8 Å². The van der Waals surface area contributed by atoms with Crippen LogP contribution in [0.5, 0.6) is 0 Å². The Morgan fingerprint density at radius 3 is 2.50 bits per heavy atom. The van der Waals surface area contributed by atoms with Crippen molar-refractivity contribution >= 4 is 28.5 Å². The van der Waals surface area contributed by atoms with Gasteiger partial charge in [0.05, 0.1) is 0 Å². The Labute approximate surface area is 122 Å². The fourth-order valence-electron chi connectivity index (χ4n) is 2.71. The Morgan fingerprint density at radius 2 is 1.94 bits per heavy atom. The smallest absolute Gasteiger partial charge is 0.251 e. The van der Waals surface area contributed by atoms with Gasteiger partial charge in [-0.3, -0.25) is 4.79 Å². The van der Waals surface area contributed by atoms with Crippen LogP contribution in [-0.4, -0.2) is 12.5 Å². The molecule has 0 bridgehead atoms. The summed E-state index contributed by atoms with van der Waals surface area (Å²) in [7, 11) is 0. The molecule has 2 nitrogen and oxygen atoms in total. The maximum atomic E-state index is 12.1. The van der Waals surface area contributed by atoms with Crippen molar-refractivity contribution in [3.05, 3.63) is 33.4 Å². The monoisotopic (exact) mass is 355 g/mol. The fraction of sp³-hybridized carbons (Fsp3) is 0.533. The normalized spacial score (nSPS) is 19.0. The van der Waals surface area contributed by atoms with Gasteiger partial charge in [0.25, 0.3) is 5.91 Å². The van der Waals surface area contributed by atoms with Crippen molar-refractivity contribution in [1.29, 1.82) is 0 Å². The van der Waals surface area contributed by atoms with Crippen molar-refractivity contribution in [3.63, 3.8) is 0 Å². The molecule has 0 radical (unpaired) electrons. The predicted molar refractivity (Wildman–Crippen MR) is 80.4 cm³/mol. The molecule has 0 heterocycles. The van der Waals surface area contributed by atoms with Crippen LogP contribution in [0.3, 0.4) is 0 Å². The maximum Gasteiger partial charge on any atom is 0.251 e. The first kappa shape index (κ1) is 12.5. The largest absolute Gasteiger partial charge is 0.352 e. The molecule has 1 aromatic carbocycles. The molecule has 2 aliphatic rings. The third kappa shape index (κ3) is 3.05. The highest BCUT2D eigenvalue weighted by atomic mass is 127. The van der Waals surface area contributed by atoms with E-state index in [4.69, 9.17) is 0 Å². The number of carbonyl (C=O) groups is 1. The molecule has 0 spiro atoms. The van der Waals surface area contributed by atoms with E-state index in [0.29, 0.717) is 0 Å². The third-order valence-corrected chi connectivity index (χ3v) is 4.71. The molecule has 0 aliphatic heterocycles. The van der Waals surface area contributed by atoms with Crippen molar-refractivity contribution in [3.8, 4) is 0 Å². The second kappa shape index (κ2) is 5.19. The molecule has 1 N–H and O–H groups in total. The molecule has 18 heavy (non-hydrogen) atoms. The SMILES string of the molecule is O=C(NCC(C1CC1)C1CC1)c1cccc(I)c1. The lowest BCUT2D eigenvalue weighted by Crippen LogP contribution is -2.31. The quantitative estimate of drug-likeness (QED) is 0.806. The first-order chi connectivity index (χ1) is 8.74. The molecule has 0 unspecified atom stereocenters. The highest BCUT2D eigenvalue weighted by molar-refractivity contribution is 14.1. The molecule has 0 atom stereocenters. The number of nitrogens with one attached hydrogen (secondary N) is 1. The highest BCUT2D eigenvalue weighted by Gasteiger charge is 2.41. The number of amides is 1. The van der Waals surface area contributed by atoms with Crippen LogP contribution in [0, 0.1) is 21.3 Å². The van der Waals surface area contributed by atoms with Crippen LogP contribution < -0.4 is 5.32 Å². The molecule has 2 fully saturated rings. The standard InChI is InChI=1S/C15H18INO/c16-13-3-1-2-12(8-13)15(18)17-9-14(10-4-5-10)11-6-7-11/h1-3,8,10-11,14H,4-7,9H2,(H,17,18). The molecular weight excluding hydrogens is 337 g/mol. The van der Waals surface area contributed by atoms with E-state index >= 15 is 0 Å². The Kier molecular flexibility index (Phi) is 3.59. The summed E-state index contributed by atoms with van der Waals surface area (Å²) < 4.78 is 1.11. The summed E-state index contributed by atoms with van der Waals surface area (Å²) in [5, 5.41) is 3.13. The summed E-state index contributed by atoms with van der Waals surface area (Å²) in [6, 6.07) is 7.78. The zero-order valence-corrected chi connectivity index (χ0v) is 12.5. The molecule has 3 heteroatoms. The van der Waals surface area contributed by atoms with E-state index in [1.54, 1.807) is 0 Å². The van der Waals surface area contributed by atoms with Crippen LogP contribution in [-0.2, 0) is 0 Å². The minimum atomic E-state index is 0.0832. The van der Waals surface area contributed by atoms with Gasteiger partial charge in [0, 0.05) is 15.7 Å². The number of hydrogen-bond donors (Lipinski definition) is 1. The molecular formula is C15H18INO.